The molecule has 0 saturated heterocycles. The number of aromatic amines is 1. The van der Waals surface area contributed by atoms with Crippen molar-refractivity contribution < 1.29 is 8.42 Å². The maximum absolute atomic E-state index is 13.4. The van der Waals surface area contributed by atoms with Crippen molar-refractivity contribution in [2.75, 3.05) is 6.54 Å². The lowest BCUT2D eigenvalue weighted by molar-refractivity contribution is 0.579. The zero-order valence-electron chi connectivity index (χ0n) is 15.3. The van der Waals surface area contributed by atoms with Crippen molar-refractivity contribution in [3.05, 3.63) is 59.7 Å². The van der Waals surface area contributed by atoms with Crippen molar-refractivity contribution in [3.8, 4) is 0 Å². The summed E-state index contributed by atoms with van der Waals surface area (Å²) in [4.78, 5) is 8.24. The summed E-state index contributed by atoms with van der Waals surface area (Å²) in [5, 5.41) is 6.30. The Morgan fingerprint density at radius 1 is 1.21 bits per heavy atom. The third-order valence-electron chi connectivity index (χ3n) is 5.24. The molecule has 0 fully saturated rings. The smallest absolute Gasteiger partial charge is 0.208 e. The van der Waals surface area contributed by atoms with E-state index in [4.69, 9.17) is 0 Å². The predicted molar refractivity (Wildman–Crippen MR) is 113 cm³/mol. The van der Waals surface area contributed by atoms with E-state index in [0.29, 0.717) is 22.0 Å². The first kappa shape index (κ1) is 17.6. The van der Waals surface area contributed by atoms with Gasteiger partial charge in [-0.2, -0.15) is 0 Å². The van der Waals surface area contributed by atoms with Crippen LogP contribution in [-0.2, 0) is 9.84 Å². The molecule has 0 radical (unpaired) electrons. The molecule has 1 aliphatic rings. The Morgan fingerprint density at radius 2 is 2.11 bits per heavy atom. The number of thiophene rings is 1. The summed E-state index contributed by atoms with van der Waals surface area (Å²) in [7, 11) is -3.66. The average Bonchev–Trinajstić information content (AvgIpc) is 3.33. The molecule has 0 bridgehead atoms. The molecular formula is C21H19N3O2S2. The third kappa shape index (κ3) is 2.78. The van der Waals surface area contributed by atoms with Crippen LogP contribution in [0.15, 0.2) is 64.0 Å². The van der Waals surface area contributed by atoms with E-state index in [2.05, 4.69) is 28.3 Å². The molecule has 4 aromatic rings. The van der Waals surface area contributed by atoms with Gasteiger partial charge < -0.3 is 10.3 Å². The molecule has 7 heteroatoms. The van der Waals surface area contributed by atoms with Crippen LogP contribution >= 0.6 is 11.3 Å². The van der Waals surface area contributed by atoms with E-state index in [9.17, 15) is 8.42 Å². The highest BCUT2D eigenvalue weighted by atomic mass is 32.2. The maximum atomic E-state index is 13.4. The summed E-state index contributed by atoms with van der Waals surface area (Å²) >= 11 is 1.60. The van der Waals surface area contributed by atoms with Gasteiger partial charge in [0.05, 0.1) is 20.8 Å². The van der Waals surface area contributed by atoms with Crippen LogP contribution in [0.2, 0.25) is 0 Å². The number of nitrogens with zero attached hydrogens (tertiary/aromatic N) is 1. The fourth-order valence-corrected chi connectivity index (χ4v) is 6.02. The second kappa shape index (κ2) is 6.55. The molecule has 0 amide bonds. The van der Waals surface area contributed by atoms with Gasteiger partial charge in [0.1, 0.15) is 0 Å². The standard InChI is InChI=1S/C21H19N3O2S2/c1-13-10-14(4-7-22-13)17-12-24-21-19(5-8-23-20(17)21)28(25,26)16-2-3-18-15(11-16)6-9-27-18/h2-6,8-9,11-13,22,24H,7,10H2,1H3. The molecule has 0 spiro atoms. The van der Waals surface area contributed by atoms with Crippen molar-refractivity contribution in [2.24, 2.45) is 0 Å². The lowest BCUT2D eigenvalue weighted by Crippen LogP contribution is -2.29. The number of hydrogen-bond acceptors (Lipinski definition) is 5. The Labute approximate surface area is 167 Å². The van der Waals surface area contributed by atoms with E-state index in [0.717, 1.165) is 28.6 Å². The molecule has 4 heterocycles. The quantitative estimate of drug-likeness (QED) is 0.527. The van der Waals surface area contributed by atoms with Gasteiger partial charge in [0.25, 0.3) is 0 Å². The molecule has 1 aromatic carbocycles. The Hall–Kier alpha value is -2.48. The first-order chi connectivity index (χ1) is 13.5. The SMILES string of the molecule is CC1CC(c2c[nH]c3c(S(=O)(=O)c4ccc5sccc5c4)ccnc23)=CCN1. The van der Waals surface area contributed by atoms with Crippen LogP contribution in [0.5, 0.6) is 0 Å². The van der Waals surface area contributed by atoms with E-state index in [1.54, 1.807) is 35.7 Å². The number of hydrogen-bond donors (Lipinski definition) is 2. The van der Waals surface area contributed by atoms with Gasteiger partial charge in [-0.3, -0.25) is 4.98 Å². The van der Waals surface area contributed by atoms with Crippen molar-refractivity contribution in [1.29, 1.82) is 0 Å². The molecule has 2 N–H and O–H groups in total. The van der Waals surface area contributed by atoms with Crippen LogP contribution < -0.4 is 5.32 Å². The largest absolute Gasteiger partial charge is 0.358 e. The summed E-state index contributed by atoms with van der Waals surface area (Å²) in [6.45, 7) is 2.95. The summed E-state index contributed by atoms with van der Waals surface area (Å²) in [6.07, 6.45) is 6.50. The Bertz CT molecular complexity index is 1330. The van der Waals surface area contributed by atoms with Gasteiger partial charge in [-0.05, 0) is 60.0 Å². The molecule has 0 aliphatic carbocycles. The van der Waals surface area contributed by atoms with Crippen LogP contribution in [0.25, 0.3) is 26.7 Å². The molecule has 3 aromatic heterocycles. The second-order valence-electron chi connectivity index (χ2n) is 7.10. The minimum absolute atomic E-state index is 0.265. The first-order valence-electron chi connectivity index (χ1n) is 9.15. The van der Waals surface area contributed by atoms with E-state index in [-0.39, 0.29) is 4.90 Å². The monoisotopic (exact) mass is 409 g/mol. The van der Waals surface area contributed by atoms with Gasteiger partial charge >= 0.3 is 0 Å². The van der Waals surface area contributed by atoms with Gasteiger partial charge in [-0.1, -0.05) is 6.08 Å². The highest BCUT2D eigenvalue weighted by Crippen LogP contribution is 2.34. The summed E-state index contributed by atoms with van der Waals surface area (Å²) < 4.78 is 27.8. The number of rotatable bonds is 3. The first-order valence-corrected chi connectivity index (χ1v) is 11.5. The Balaban J connectivity index is 1.65. The molecule has 1 aliphatic heterocycles. The Kier molecular flexibility index (Phi) is 4.12. The highest BCUT2D eigenvalue weighted by Gasteiger charge is 2.24. The fourth-order valence-electron chi connectivity index (χ4n) is 3.80. The van der Waals surface area contributed by atoms with Crippen LogP contribution in [-0.4, -0.2) is 31.0 Å². The Morgan fingerprint density at radius 3 is 2.96 bits per heavy atom. The fraction of sp³-hybridized carbons (Fsp3) is 0.190. The minimum Gasteiger partial charge on any atom is -0.358 e. The van der Waals surface area contributed by atoms with Gasteiger partial charge in [0.2, 0.25) is 9.84 Å². The van der Waals surface area contributed by atoms with E-state index in [1.165, 1.54) is 5.57 Å². The molecule has 5 rings (SSSR count). The van der Waals surface area contributed by atoms with Crippen LogP contribution in [0, 0.1) is 0 Å². The van der Waals surface area contributed by atoms with E-state index < -0.39 is 9.84 Å². The van der Waals surface area contributed by atoms with Gasteiger partial charge in [0, 0.05) is 35.2 Å². The van der Waals surface area contributed by atoms with Crippen molar-refractivity contribution >= 4 is 47.9 Å². The number of fused-ring (bicyclic) bond motifs is 2. The molecule has 5 nitrogen and oxygen atoms in total. The van der Waals surface area contributed by atoms with E-state index >= 15 is 0 Å². The van der Waals surface area contributed by atoms with Gasteiger partial charge in [-0.15, -0.1) is 11.3 Å². The molecule has 28 heavy (non-hydrogen) atoms. The molecule has 142 valence electrons. The normalized spacial score (nSPS) is 17.9. The average molecular weight is 410 g/mol. The number of benzene rings is 1. The molecular weight excluding hydrogens is 390 g/mol. The van der Waals surface area contributed by atoms with Crippen LogP contribution in [0.4, 0.5) is 0 Å². The van der Waals surface area contributed by atoms with Crippen LogP contribution in [0.1, 0.15) is 18.9 Å². The third-order valence-corrected chi connectivity index (χ3v) is 7.93. The van der Waals surface area contributed by atoms with Gasteiger partial charge in [-0.25, -0.2) is 8.42 Å². The van der Waals surface area contributed by atoms with E-state index in [1.807, 2.05) is 23.7 Å². The summed E-state index contributed by atoms with van der Waals surface area (Å²) in [5.74, 6) is 0. The molecule has 1 unspecified atom stereocenters. The zero-order valence-corrected chi connectivity index (χ0v) is 16.9. The lowest BCUT2D eigenvalue weighted by atomic mass is 9.97. The number of aromatic nitrogens is 2. The van der Waals surface area contributed by atoms with Crippen molar-refractivity contribution in [2.45, 2.75) is 29.2 Å². The second-order valence-corrected chi connectivity index (χ2v) is 9.97. The maximum Gasteiger partial charge on any atom is 0.208 e. The molecule has 0 saturated carbocycles. The predicted octanol–water partition coefficient (Wildman–Crippen LogP) is 4.38. The van der Waals surface area contributed by atoms with Crippen molar-refractivity contribution in [3.63, 3.8) is 0 Å². The number of sulfone groups is 1. The number of pyridine rings is 1. The summed E-state index contributed by atoms with van der Waals surface area (Å²) in [6, 6.07) is 9.20. The zero-order chi connectivity index (χ0) is 19.3. The lowest BCUT2D eigenvalue weighted by Gasteiger charge is -2.20. The van der Waals surface area contributed by atoms with Crippen molar-refractivity contribution in [1.82, 2.24) is 15.3 Å². The topological polar surface area (TPSA) is 74.8 Å². The van der Waals surface area contributed by atoms with Crippen LogP contribution in [0.3, 0.4) is 0 Å². The minimum atomic E-state index is -3.66. The number of nitrogens with one attached hydrogen (secondary N) is 2. The summed E-state index contributed by atoms with van der Waals surface area (Å²) in [5.41, 5.74) is 3.45. The van der Waals surface area contributed by atoms with Gasteiger partial charge in [0.15, 0.2) is 0 Å². The number of H-pyrrole nitrogens is 1. The highest BCUT2D eigenvalue weighted by molar-refractivity contribution is 7.91. The molecule has 1 atom stereocenters.